The third-order valence-corrected chi connectivity index (χ3v) is 3.86. The van der Waals surface area contributed by atoms with Crippen molar-refractivity contribution in [1.82, 2.24) is 10.6 Å². The number of nitro benzene ring substituents is 2. The Bertz CT molecular complexity index is 836. The molecule has 32 heavy (non-hydrogen) atoms. The van der Waals surface area contributed by atoms with Crippen LogP contribution < -0.4 is 16.4 Å². The summed E-state index contributed by atoms with van der Waals surface area (Å²) in [5, 5.41) is 41.7. The smallest absolute Gasteiger partial charge is 0.322 e. The molecule has 0 bridgehead atoms. The highest BCUT2D eigenvalue weighted by Gasteiger charge is 2.21. The van der Waals surface area contributed by atoms with Gasteiger partial charge in [0, 0.05) is 24.3 Å². The summed E-state index contributed by atoms with van der Waals surface area (Å²) in [4.78, 5) is 62.7. The summed E-state index contributed by atoms with van der Waals surface area (Å²) in [6.45, 7) is -0.567. The Hall–Kier alpha value is -3.79. The SMILES string of the molecule is NC(CCC(=O)N[C@H](CS)C(=O)NCC(=O)O)C(=O)O.O=[N+]([O-])c1cccc([N+](=O)[O-])c1. The number of carbonyl (C=O) groups is 4. The molecule has 15 nitrogen and oxygen atoms in total. The first-order valence-electron chi connectivity index (χ1n) is 8.66. The molecule has 1 unspecified atom stereocenters. The minimum absolute atomic E-state index is 0.0256. The summed E-state index contributed by atoms with van der Waals surface area (Å²) in [6.07, 6.45) is -0.235. The number of non-ortho nitro benzene ring substituents is 2. The van der Waals surface area contributed by atoms with Gasteiger partial charge in [0.2, 0.25) is 11.8 Å². The number of carboxylic acids is 2. The number of nitrogens with two attached hydrogens (primary N) is 1. The van der Waals surface area contributed by atoms with E-state index in [0.29, 0.717) is 0 Å². The molecule has 0 fully saturated rings. The number of carbonyl (C=O) groups excluding carboxylic acids is 2. The van der Waals surface area contributed by atoms with Crippen LogP contribution >= 0.6 is 12.6 Å². The number of thiol groups is 1. The fourth-order valence-corrected chi connectivity index (χ4v) is 2.13. The standard InChI is InChI=1S/C10H17N3O6S.C6H4N2O4/c11-5(10(18)19)1-2-7(14)13-6(4-20)9(17)12-3-8(15)16;9-7(10)5-2-1-3-6(4-5)8(11)12/h5-6,20H,1-4,11H2,(H,12,17)(H,13,14)(H,15,16)(H,18,19);1-4H/t5?,6-;/m1./s1. The van der Waals surface area contributed by atoms with E-state index in [1.54, 1.807) is 0 Å². The zero-order valence-electron chi connectivity index (χ0n) is 16.4. The number of hydrogen-bond donors (Lipinski definition) is 6. The van der Waals surface area contributed by atoms with E-state index < -0.39 is 52.2 Å². The zero-order chi connectivity index (χ0) is 24.8. The molecular formula is C16H21N5O10S. The maximum absolute atomic E-state index is 11.5. The second-order valence-corrected chi connectivity index (χ2v) is 6.30. The van der Waals surface area contributed by atoms with Gasteiger partial charge >= 0.3 is 11.9 Å². The lowest BCUT2D eigenvalue weighted by atomic mass is 10.1. The van der Waals surface area contributed by atoms with Crippen molar-refractivity contribution in [2.75, 3.05) is 12.3 Å². The van der Waals surface area contributed by atoms with Crippen LogP contribution in [0.2, 0.25) is 0 Å². The van der Waals surface area contributed by atoms with Crippen LogP contribution in [0.3, 0.4) is 0 Å². The van der Waals surface area contributed by atoms with E-state index >= 15 is 0 Å². The number of nitro groups is 2. The first-order valence-corrected chi connectivity index (χ1v) is 9.29. The lowest BCUT2D eigenvalue weighted by Gasteiger charge is -2.16. The molecule has 1 aromatic rings. The number of hydrogen-bond acceptors (Lipinski definition) is 10. The van der Waals surface area contributed by atoms with Gasteiger partial charge in [-0.2, -0.15) is 12.6 Å². The Morgan fingerprint density at radius 1 is 1.09 bits per heavy atom. The van der Waals surface area contributed by atoms with Crippen molar-refractivity contribution in [3.8, 4) is 0 Å². The molecule has 0 aliphatic rings. The van der Waals surface area contributed by atoms with Crippen LogP contribution in [0.1, 0.15) is 12.8 Å². The molecule has 6 N–H and O–H groups in total. The minimum Gasteiger partial charge on any atom is -0.480 e. The summed E-state index contributed by atoms with van der Waals surface area (Å²) in [5.41, 5.74) is 4.68. The summed E-state index contributed by atoms with van der Waals surface area (Å²) in [5.74, 6) is -3.70. The second-order valence-electron chi connectivity index (χ2n) is 5.93. The molecule has 0 saturated carbocycles. The number of carboxylic acid groups (broad SMARTS) is 2. The summed E-state index contributed by atoms with van der Waals surface area (Å²) < 4.78 is 0. The van der Waals surface area contributed by atoms with Crippen LogP contribution in [0, 0.1) is 20.2 Å². The average Bonchev–Trinajstić information content (AvgIpc) is 2.74. The molecule has 0 aromatic heterocycles. The predicted molar refractivity (Wildman–Crippen MR) is 111 cm³/mol. The molecule has 1 rings (SSSR count). The van der Waals surface area contributed by atoms with Crippen LogP contribution in [0.4, 0.5) is 11.4 Å². The molecule has 0 spiro atoms. The van der Waals surface area contributed by atoms with Crippen LogP contribution in [0.25, 0.3) is 0 Å². The highest BCUT2D eigenvalue weighted by molar-refractivity contribution is 7.80. The molecule has 2 amide bonds. The molecule has 0 saturated heterocycles. The lowest BCUT2D eigenvalue weighted by Crippen LogP contribution is -2.49. The Kier molecular flexibility index (Phi) is 12.6. The van der Waals surface area contributed by atoms with Gasteiger partial charge in [-0.3, -0.25) is 39.4 Å². The van der Waals surface area contributed by atoms with Crippen LogP contribution in [-0.2, 0) is 19.2 Å². The second kappa shape index (κ2) is 14.3. The largest absolute Gasteiger partial charge is 0.480 e. The van der Waals surface area contributed by atoms with Gasteiger partial charge in [0.15, 0.2) is 0 Å². The molecule has 0 aliphatic carbocycles. The van der Waals surface area contributed by atoms with Crippen molar-refractivity contribution in [2.45, 2.75) is 24.9 Å². The van der Waals surface area contributed by atoms with Gasteiger partial charge in [-0.05, 0) is 12.5 Å². The van der Waals surface area contributed by atoms with E-state index in [1.165, 1.54) is 18.2 Å². The fraction of sp³-hybridized carbons (Fsp3) is 0.375. The molecule has 176 valence electrons. The van der Waals surface area contributed by atoms with Gasteiger partial charge in [0.05, 0.1) is 15.9 Å². The lowest BCUT2D eigenvalue weighted by molar-refractivity contribution is -0.394. The molecule has 1 aromatic carbocycles. The monoisotopic (exact) mass is 475 g/mol. The number of benzene rings is 1. The van der Waals surface area contributed by atoms with Gasteiger partial charge in [0.1, 0.15) is 18.6 Å². The molecule has 2 atom stereocenters. The first kappa shape index (κ1) is 28.2. The number of amides is 2. The van der Waals surface area contributed by atoms with Gasteiger partial charge in [-0.25, -0.2) is 0 Å². The Morgan fingerprint density at radius 3 is 2.03 bits per heavy atom. The number of aliphatic carboxylic acids is 2. The summed E-state index contributed by atoms with van der Waals surface area (Å²) in [7, 11) is 0. The third kappa shape index (κ3) is 11.4. The van der Waals surface area contributed by atoms with Crippen molar-refractivity contribution in [3.63, 3.8) is 0 Å². The third-order valence-electron chi connectivity index (χ3n) is 3.50. The highest BCUT2D eigenvalue weighted by atomic mass is 32.1. The van der Waals surface area contributed by atoms with E-state index in [0.717, 1.165) is 6.07 Å². The Balaban J connectivity index is 0.000000677. The van der Waals surface area contributed by atoms with Crippen molar-refractivity contribution >= 4 is 47.8 Å². The highest BCUT2D eigenvalue weighted by Crippen LogP contribution is 2.18. The molecule has 0 aliphatic heterocycles. The maximum Gasteiger partial charge on any atom is 0.322 e. The van der Waals surface area contributed by atoms with Crippen molar-refractivity contribution in [3.05, 3.63) is 44.5 Å². The van der Waals surface area contributed by atoms with E-state index in [-0.39, 0.29) is 30.0 Å². The number of nitrogens with one attached hydrogen (secondary N) is 2. The molecule has 0 radical (unpaired) electrons. The normalized spacial score (nSPS) is 11.7. The van der Waals surface area contributed by atoms with E-state index in [9.17, 15) is 39.4 Å². The Morgan fingerprint density at radius 2 is 1.62 bits per heavy atom. The molecule has 0 heterocycles. The van der Waals surface area contributed by atoms with Crippen LogP contribution in [-0.4, -0.2) is 68.2 Å². The van der Waals surface area contributed by atoms with Crippen LogP contribution in [0.5, 0.6) is 0 Å². The minimum atomic E-state index is -1.22. The van der Waals surface area contributed by atoms with Gasteiger partial charge in [-0.15, -0.1) is 0 Å². The molecular weight excluding hydrogens is 454 g/mol. The van der Waals surface area contributed by atoms with Crippen LogP contribution in [0.15, 0.2) is 24.3 Å². The fourth-order valence-electron chi connectivity index (χ4n) is 1.88. The maximum atomic E-state index is 11.5. The van der Waals surface area contributed by atoms with Gasteiger partial charge in [0.25, 0.3) is 11.4 Å². The summed E-state index contributed by atoms with van der Waals surface area (Å²) >= 11 is 3.87. The predicted octanol–water partition coefficient (Wildman–Crippen LogP) is -0.703. The first-order chi connectivity index (χ1) is 14.9. The van der Waals surface area contributed by atoms with Gasteiger partial charge in [-0.1, -0.05) is 0 Å². The number of nitrogens with zero attached hydrogens (tertiary/aromatic N) is 2. The van der Waals surface area contributed by atoms with Crippen molar-refractivity contribution in [1.29, 1.82) is 0 Å². The average molecular weight is 475 g/mol. The van der Waals surface area contributed by atoms with E-state index in [2.05, 4.69) is 23.3 Å². The zero-order valence-corrected chi connectivity index (χ0v) is 17.3. The Labute approximate surface area is 185 Å². The van der Waals surface area contributed by atoms with E-state index in [4.69, 9.17) is 15.9 Å². The topological polar surface area (TPSA) is 245 Å². The van der Waals surface area contributed by atoms with Crippen molar-refractivity contribution in [2.24, 2.45) is 5.73 Å². The number of rotatable bonds is 11. The quantitative estimate of drug-likeness (QED) is 0.133. The van der Waals surface area contributed by atoms with Gasteiger partial charge < -0.3 is 26.6 Å². The molecule has 16 heteroatoms. The summed E-state index contributed by atoms with van der Waals surface area (Å²) in [6, 6.07) is 2.44. The van der Waals surface area contributed by atoms with E-state index in [1.807, 2.05) is 0 Å². The van der Waals surface area contributed by atoms with Crippen molar-refractivity contribution < 1.29 is 39.2 Å².